The van der Waals surface area contributed by atoms with E-state index in [2.05, 4.69) is 16.9 Å². The van der Waals surface area contributed by atoms with Crippen molar-refractivity contribution in [1.29, 1.82) is 0 Å². The Morgan fingerprint density at radius 3 is 2.89 bits per heavy atom. The Morgan fingerprint density at radius 1 is 1.44 bits per heavy atom. The average Bonchev–Trinajstić information content (AvgIpc) is 2.37. The molecular formula is C13H13N3O2. The van der Waals surface area contributed by atoms with Crippen LogP contribution in [0.15, 0.2) is 43.0 Å². The van der Waals surface area contributed by atoms with Gasteiger partial charge in [0.15, 0.2) is 0 Å². The van der Waals surface area contributed by atoms with E-state index in [1.54, 1.807) is 18.2 Å². The number of rotatable bonds is 4. The van der Waals surface area contributed by atoms with Crippen molar-refractivity contribution >= 4 is 22.4 Å². The van der Waals surface area contributed by atoms with Crippen LogP contribution in [-0.2, 0) is 0 Å². The maximum absolute atomic E-state index is 10.7. The van der Waals surface area contributed by atoms with E-state index >= 15 is 0 Å². The topological polar surface area (TPSA) is 68.1 Å². The standard InChI is InChI=1S/C13H13N3O2/c1-3-9(2)14-13-7-4-10-8-11(16(17)18)5-6-12(10)15-13/h3-9H,1H2,2H3,(H,14,15). The Hall–Kier alpha value is -2.43. The first kappa shape index (κ1) is 12.0. The molecule has 0 spiro atoms. The molecule has 1 heterocycles. The molecule has 1 N–H and O–H groups in total. The van der Waals surface area contributed by atoms with Gasteiger partial charge in [0, 0.05) is 23.6 Å². The van der Waals surface area contributed by atoms with Gasteiger partial charge in [-0.1, -0.05) is 6.08 Å². The first-order chi connectivity index (χ1) is 8.60. The third-order valence-corrected chi connectivity index (χ3v) is 2.61. The Labute approximate surface area is 104 Å². The summed E-state index contributed by atoms with van der Waals surface area (Å²) in [5, 5.41) is 14.6. The number of anilines is 1. The molecule has 1 unspecified atom stereocenters. The lowest BCUT2D eigenvalue weighted by atomic mass is 10.2. The maximum Gasteiger partial charge on any atom is 0.270 e. The fourth-order valence-electron chi connectivity index (χ4n) is 1.60. The molecule has 92 valence electrons. The lowest BCUT2D eigenvalue weighted by Crippen LogP contribution is -2.12. The van der Waals surface area contributed by atoms with E-state index in [0.717, 1.165) is 16.7 Å². The van der Waals surface area contributed by atoms with Gasteiger partial charge < -0.3 is 5.32 Å². The van der Waals surface area contributed by atoms with Crippen molar-refractivity contribution in [2.75, 3.05) is 5.32 Å². The smallest absolute Gasteiger partial charge is 0.270 e. The molecule has 0 aliphatic rings. The summed E-state index contributed by atoms with van der Waals surface area (Å²) < 4.78 is 0. The van der Waals surface area contributed by atoms with E-state index in [1.807, 2.05) is 13.0 Å². The zero-order valence-corrected chi connectivity index (χ0v) is 9.96. The molecule has 0 aliphatic heterocycles. The molecule has 0 aliphatic carbocycles. The van der Waals surface area contributed by atoms with Gasteiger partial charge in [-0.15, -0.1) is 6.58 Å². The molecule has 1 atom stereocenters. The number of nitro groups is 1. The number of nitrogens with zero attached hydrogens (tertiary/aromatic N) is 2. The van der Waals surface area contributed by atoms with E-state index in [9.17, 15) is 10.1 Å². The molecule has 0 radical (unpaired) electrons. The number of nitrogens with one attached hydrogen (secondary N) is 1. The summed E-state index contributed by atoms with van der Waals surface area (Å²) >= 11 is 0. The van der Waals surface area contributed by atoms with Crippen molar-refractivity contribution in [3.63, 3.8) is 0 Å². The van der Waals surface area contributed by atoms with Crippen LogP contribution >= 0.6 is 0 Å². The quantitative estimate of drug-likeness (QED) is 0.509. The summed E-state index contributed by atoms with van der Waals surface area (Å²) in [6, 6.07) is 8.35. The highest BCUT2D eigenvalue weighted by molar-refractivity contribution is 5.82. The van der Waals surface area contributed by atoms with E-state index < -0.39 is 4.92 Å². The largest absolute Gasteiger partial charge is 0.364 e. The average molecular weight is 243 g/mol. The van der Waals surface area contributed by atoms with E-state index in [1.165, 1.54) is 12.1 Å². The highest BCUT2D eigenvalue weighted by atomic mass is 16.6. The van der Waals surface area contributed by atoms with Gasteiger partial charge in [-0.3, -0.25) is 10.1 Å². The van der Waals surface area contributed by atoms with E-state index in [-0.39, 0.29) is 11.7 Å². The fraction of sp³-hybridized carbons (Fsp3) is 0.154. The van der Waals surface area contributed by atoms with Crippen LogP contribution in [0.4, 0.5) is 11.5 Å². The van der Waals surface area contributed by atoms with Crippen LogP contribution in [0.3, 0.4) is 0 Å². The zero-order valence-electron chi connectivity index (χ0n) is 9.96. The molecule has 2 rings (SSSR count). The van der Waals surface area contributed by atoms with Crippen LogP contribution < -0.4 is 5.32 Å². The van der Waals surface area contributed by atoms with Gasteiger partial charge in [-0.05, 0) is 25.1 Å². The summed E-state index contributed by atoms with van der Waals surface area (Å²) in [6.07, 6.45) is 1.78. The van der Waals surface area contributed by atoms with Crippen LogP contribution in [0, 0.1) is 10.1 Å². The molecule has 0 saturated carbocycles. The molecule has 0 saturated heterocycles. The second-order valence-electron chi connectivity index (χ2n) is 4.00. The summed E-state index contributed by atoms with van der Waals surface area (Å²) in [7, 11) is 0. The second kappa shape index (κ2) is 4.83. The van der Waals surface area contributed by atoms with Gasteiger partial charge in [-0.2, -0.15) is 0 Å². The SMILES string of the molecule is C=CC(C)Nc1ccc2cc([N+](=O)[O-])ccc2n1. The van der Waals surface area contributed by atoms with Crippen LogP contribution in [0.2, 0.25) is 0 Å². The molecule has 2 aromatic rings. The van der Waals surface area contributed by atoms with E-state index in [0.29, 0.717) is 0 Å². The Balaban J connectivity index is 2.38. The van der Waals surface area contributed by atoms with Crippen LogP contribution in [0.1, 0.15) is 6.92 Å². The molecule has 18 heavy (non-hydrogen) atoms. The van der Waals surface area contributed by atoms with Gasteiger partial charge in [0.2, 0.25) is 0 Å². The molecule has 0 amide bonds. The highest BCUT2D eigenvalue weighted by Gasteiger charge is 2.07. The molecule has 0 bridgehead atoms. The maximum atomic E-state index is 10.7. The minimum atomic E-state index is -0.411. The molecule has 1 aromatic carbocycles. The Kier molecular flexibility index (Phi) is 3.23. The van der Waals surface area contributed by atoms with Gasteiger partial charge >= 0.3 is 0 Å². The van der Waals surface area contributed by atoms with Crippen molar-refractivity contribution in [1.82, 2.24) is 4.98 Å². The number of hydrogen-bond donors (Lipinski definition) is 1. The van der Waals surface area contributed by atoms with Crippen molar-refractivity contribution in [2.24, 2.45) is 0 Å². The van der Waals surface area contributed by atoms with Crippen molar-refractivity contribution in [3.8, 4) is 0 Å². The summed E-state index contributed by atoms with van der Waals surface area (Å²) in [5.41, 5.74) is 0.798. The van der Waals surface area contributed by atoms with E-state index in [4.69, 9.17) is 0 Å². The normalized spacial score (nSPS) is 12.1. The monoisotopic (exact) mass is 243 g/mol. The van der Waals surface area contributed by atoms with Gasteiger partial charge in [0.05, 0.1) is 10.4 Å². The molecule has 5 heteroatoms. The molecule has 0 fully saturated rings. The second-order valence-corrected chi connectivity index (χ2v) is 4.00. The number of pyridine rings is 1. The van der Waals surface area contributed by atoms with Crippen molar-refractivity contribution in [2.45, 2.75) is 13.0 Å². The highest BCUT2D eigenvalue weighted by Crippen LogP contribution is 2.21. The van der Waals surface area contributed by atoms with Gasteiger partial charge in [0.25, 0.3) is 5.69 Å². The predicted molar refractivity (Wildman–Crippen MR) is 71.7 cm³/mol. The first-order valence-electron chi connectivity index (χ1n) is 5.54. The zero-order chi connectivity index (χ0) is 13.1. The first-order valence-corrected chi connectivity index (χ1v) is 5.54. The van der Waals surface area contributed by atoms with Crippen molar-refractivity contribution < 1.29 is 4.92 Å². The van der Waals surface area contributed by atoms with Crippen molar-refractivity contribution in [3.05, 3.63) is 53.1 Å². The number of hydrogen-bond acceptors (Lipinski definition) is 4. The number of fused-ring (bicyclic) bond motifs is 1. The molecule has 5 nitrogen and oxygen atoms in total. The number of benzene rings is 1. The third-order valence-electron chi connectivity index (χ3n) is 2.61. The number of aromatic nitrogens is 1. The van der Waals surface area contributed by atoms with Gasteiger partial charge in [0.1, 0.15) is 5.82 Å². The fourth-order valence-corrected chi connectivity index (χ4v) is 1.60. The number of nitro benzene ring substituents is 1. The van der Waals surface area contributed by atoms with Crippen LogP contribution in [-0.4, -0.2) is 15.9 Å². The third kappa shape index (κ3) is 2.45. The van der Waals surface area contributed by atoms with Gasteiger partial charge in [-0.25, -0.2) is 4.98 Å². The van der Waals surface area contributed by atoms with Crippen LogP contribution in [0.25, 0.3) is 10.9 Å². The lowest BCUT2D eigenvalue weighted by Gasteiger charge is -2.10. The lowest BCUT2D eigenvalue weighted by molar-refractivity contribution is -0.384. The number of non-ortho nitro benzene ring substituents is 1. The summed E-state index contributed by atoms with van der Waals surface area (Å²) in [6.45, 7) is 5.65. The summed E-state index contributed by atoms with van der Waals surface area (Å²) in [4.78, 5) is 14.6. The minimum absolute atomic E-state index is 0.0736. The van der Waals surface area contributed by atoms with Crippen LogP contribution in [0.5, 0.6) is 0 Å². The molecule has 1 aromatic heterocycles. The molecular weight excluding hydrogens is 230 g/mol. The summed E-state index contributed by atoms with van der Waals surface area (Å²) in [5.74, 6) is 0.726. The minimum Gasteiger partial charge on any atom is -0.364 e. The Bertz CT molecular complexity index is 610. The Morgan fingerprint density at radius 2 is 2.22 bits per heavy atom. The predicted octanol–water partition coefficient (Wildman–Crippen LogP) is 3.13.